The maximum atomic E-state index is 13.6. The van der Waals surface area contributed by atoms with Gasteiger partial charge in [-0.1, -0.05) is 54.6 Å². The van der Waals surface area contributed by atoms with Crippen LogP contribution in [0.15, 0.2) is 78.9 Å². The zero-order chi connectivity index (χ0) is 22.5. The van der Waals surface area contributed by atoms with Gasteiger partial charge in [0.2, 0.25) is 11.8 Å². The van der Waals surface area contributed by atoms with Crippen molar-refractivity contribution < 1.29 is 14.0 Å². The number of amides is 2. The Morgan fingerprint density at radius 1 is 0.969 bits per heavy atom. The number of nitrogens with zero attached hydrogens (tertiary/aromatic N) is 1. The van der Waals surface area contributed by atoms with Crippen molar-refractivity contribution in [2.75, 3.05) is 4.90 Å². The highest BCUT2D eigenvalue weighted by molar-refractivity contribution is 5.96. The molecule has 0 radical (unpaired) electrons. The molecule has 1 aliphatic rings. The summed E-state index contributed by atoms with van der Waals surface area (Å²) in [5, 5.41) is 3.02. The molecule has 164 valence electrons. The van der Waals surface area contributed by atoms with Crippen molar-refractivity contribution >= 4 is 17.5 Å². The minimum atomic E-state index is -0.313. The number of nitrogens with one attached hydrogen (secondary N) is 1. The van der Waals surface area contributed by atoms with Crippen LogP contribution in [-0.2, 0) is 22.6 Å². The Morgan fingerprint density at radius 3 is 2.34 bits per heavy atom. The van der Waals surface area contributed by atoms with E-state index in [1.807, 2.05) is 67.6 Å². The highest BCUT2D eigenvalue weighted by Gasteiger charge is 2.34. The summed E-state index contributed by atoms with van der Waals surface area (Å²) in [5.41, 5.74) is 3.43. The van der Waals surface area contributed by atoms with Gasteiger partial charge in [0.15, 0.2) is 0 Å². The summed E-state index contributed by atoms with van der Waals surface area (Å²) >= 11 is 0. The van der Waals surface area contributed by atoms with E-state index in [2.05, 4.69) is 5.32 Å². The number of hydrogen-bond donors (Lipinski definition) is 1. The van der Waals surface area contributed by atoms with Crippen molar-refractivity contribution in [2.24, 2.45) is 5.92 Å². The van der Waals surface area contributed by atoms with Crippen molar-refractivity contribution in [1.29, 1.82) is 0 Å². The van der Waals surface area contributed by atoms with Crippen LogP contribution in [0.5, 0.6) is 0 Å². The first-order valence-corrected chi connectivity index (χ1v) is 11.0. The molecule has 1 aliphatic carbocycles. The molecular weight excluding hydrogens is 403 g/mol. The number of carbonyl (C=O) groups excluding carboxylic acids is 2. The fraction of sp³-hybridized carbons (Fsp3) is 0.259. The van der Waals surface area contributed by atoms with Crippen LogP contribution in [0, 0.1) is 11.7 Å². The van der Waals surface area contributed by atoms with Gasteiger partial charge in [-0.3, -0.25) is 9.59 Å². The van der Waals surface area contributed by atoms with Crippen LogP contribution < -0.4 is 10.2 Å². The zero-order valence-corrected chi connectivity index (χ0v) is 18.1. The lowest BCUT2D eigenvalue weighted by molar-refractivity contribution is -0.121. The minimum absolute atomic E-state index is 0.0495. The second kappa shape index (κ2) is 9.77. The molecular formula is C27H27FN2O2. The van der Waals surface area contributed by atoms with Gasteiger partial charge in [-0.25, -0.2) is 4.39 Å². The number of rotatable bonds is 8. The smallest absolute Gasteiger partial charge is 0.230 e. The van der Waals surface area contributed by atoms with Gasteiger partial charge < -0.3 is 10.2 Å². The van der Waals surface area contributed by atoms with Crippen molar-refractivity contribution in [1.82, 2.24) is 5.32 Å². The standard InChI is InChI=1S/C27H27FN2O2/c1-19(22-7-3-2-4-8-22)29-26(31)17-20-10-14-25(15-11-20)30(27(32)23-12-13-23)18-21-6-5-9-24(28)16-21/h2-11,14-16,19,23H,12-13,17-18H2,1H3,(H,29,31)/t19-/m0/s1. The molecule has 32 heavy (non-hydrogen) atoms. The Labute approximate surface area is 188 Å². The second-order valence-electron chi connectivity index (χ2n) is 8.37. The van der Waals surface area contributed by atoms with E-state index in [1.54, 1.807) is 11.0 Å². The van der Waals surface area contributed by atoms with Crippen LogP contribution in [0.2, 0.25) is 0 Å². The van der Waals surface area contributed by atoms with E-state index in [-0.39, 0.29) is 36.0 Å². The van der Waals surface area contributed by atoms with Gasteiger partial charge >= 0.3 is 0 Å². The van der Waals surface area contributed by atoms with E-state index in [4.69, 9.17) is 0 Å². The third-order valence-electron chi connectivity index (χ3n) is 5.71. The number of carbonyl (C=O) groups is 2. The molecule has 0 spiro atoms. The molecule has 4 rings (SSSR count). The zero-order valence-electron chi connectivity index (χ0n) is 18.1. The number of hydrogen-bond acceptors (Lipinski definition) is 2. The van der Waals surface area contributed by atoms with Gasteiger partial charge in [-0.2, -0.15) is 0 Å². The Kier molecular flexibility index (Phi) is 6.64. The van der Waals surface area contributed by atoms with Gasteiger partial charge in [0.1, 0.15) is 5.82 Å². The highest BCUT2D eigenvalue weighted by Crippen LogP contribution is 2.33. The average Bonchev–Trinajstić information content (AvgIpc) is 3.64. The van der Waals surface area contributed by atoms with Crippen LogP contribution >= 0.6 is 0 Å². The molecule has 0 aromatic heterocycles. The molecule has 2 amide bonds. The molecule has 5 heteroatoms. The summed E-state index contributed by atoms with van der Waals surface area (Å²) in [6.07, 6.45) is 2.06. The van der Waals surface area contributed by atoms with Gasteiger partial charge in [-0.15, -0.1) is 0 Å². The van der Waals surface area contributed by atoms with Crippen LogP contribution in [0.4, 0.5) is 10.1 Å². The van der Waals surface area contributed by atoms with Crippen LogP contribution in [0.3, 0.4) is 0 Å². The maximum Gasteiger partial charge on any atom is 0.230 e. The lowest BCUT2D eigenvalue weighted by Gasteiger charge is -2.23. The first-order chi connectivity index (χ1) is 15.5. The Morgan fingerprint density at radius 2 is 1.69 bits per heavy atom. The van der Waals surface area contributed by atoms with Crippen LogP contribution in [0.25, 0.3) is 0 Å². The average molecular weight is 431 g/mol. The van der Waals surface area contributed by atoms with Crippen LogP contribution in [0.1, 0.15) is 42.5 Å². The third-order valence-corrected chi connectivity index (χ3v) is 5.71. The maximum absolute atomic E-state index is 13.6. The molecule has 3 aromatic rings. The number of halogens is 1. The van der Waals surface area contributed by atoms with E-state index in [0.717, 1.165) is 35.2 Å². The van der Waals surface area contributed by atoms with Gasteiger partial charge in [0.05, 0.1) is 19.0 Å². The predicted molar refractivity (Wildman–Crippen MR) is 123 cm³/mol. The van der Waals surface area contributed by atoms with Gasteiger partial charge in [-0.05, 0) is 60.7 Å². The predicted octanol–water partition coefficient (Wildman–Crippen LogP) is 5.19. The summed E-state index contributed by atoms with van der Waals surface area (Å²) in [6, 6.07) is 23.6. The first kappa shape index (κ1) is 21.8. The SMILES string of the molecule is C[C@H](NC(=O)Cc1ccc(N(Cc2cccc(F)c2)C(=O)C2CC2)cc1)c1ccccc1. The molecule has 1 N–H and O–H groups in total. The Hall–Kier alpha value is -3.47. The summed E-state index contributed by atoms with van der Waals surface area (Å²) in [7, 11) is 0. The van der Waals surface area contributed by atoms with E-state index >= 15 is 0 Å². The van der Waals surface area contributed by atoms with Gasteiger partial charge in [0, 0.05) is 11.6 Å². The Balaban J connectivity index is 1.43. The molecule has 0 aliphatic heterocycles. The molecule has 0 unspecified atom stereocenters. The van der Waals surface area contributed by atoms with Gasteiger partial charge in [0.25, 0.3) is 0 Å². The third kappa shape index (κ3) is 5.61. The summed E-state index contributed by atoms with van der Waals surface area (Å²) in [5.74, 6) is -0.253. The highest BCUT2D eigenvalue weighted by atomic mass is 19.1. The lowest BCUT2D eigenvalue weighted by atomic mass is 10.1. The topological polar surface area (TPSA) is 49.4 Å². The second-order valence-corrected chi connectivity index (χ2v) is 8.37. The normalized spacial score (nSPS) is 13.9. The quantitative estimate of drug-likeness (QED) is 0.535. The lowest BCUT2D eigenvalue weighted by Crippen LogP contribution is -2.31. The number of benzene rings is 3. The Bertz CT molecular complexity index is 1080. The largest absolute Gasteiger partial charge is 0.349 e. The molecule has 0 heterocycles. The first-order valence-electron chi connectivity index (χ1n) is 11.0. The molecule has 1 fully saturated rings. The number of anilines is 1. The summed E-state index contributed by atoms with van der Waals surface area (Å²) in [4.78, 5) is 27.1. The molecule has 1 atom stereocenters. The van der Waals surface area contributed by atoms with Crippen molar-refractivity contribution in [2.45, 2.75) is 38.8 Å². The van der Waals surface area contributed by atoms with Crippen LogP contribution in [-0.4, -0.2) is 11.8 Å². The summed E-state index contributed by atoms with van der Waals surface area (Å²) in [6.45, 7) is 2.28. The van der Waals surface area contributed by atoms with E-state index in [1.165, 1.54) is 12.1 Å². The minimum Gasteiger partial charge on any atom is -0.349 e. The molecule has 1 saturated carbocycles. The molecule has 0 saturated heterocycles. The fourth-order valence-electron chi connectivity index (χ4n) is 3.76. The molecule has 0 bridgehead atoms. The fourth-order valence-corrected chi connectivity index (χ4v) is 3.76. The van der Waals surface area contributed by atoms with Crippen molar-refractivity contribution in [3.8, 4) is 0 Å². The molecule has 4 nitrogen and oxygen atoms in total. The monoisotopic (exact) mass is 430 g/mol. The summed E-state index contributed by atoms with van der Waals surface area (Å²) < 4.78 is 13.6. The van der Waals surface area contributed by atoms with E-state index < -0.39 is 0 Å². The van der Waals surface area contributed by atoms with E-state index in [0.29, 0.717) is 6.54 Å². The molecule has 3 aromatic carbocycles. The van der Waals surface area contributed by atoms with Crippen molar-refractivity contribution in [3.63, 3.8) is 0 Å². The van der Waals surface area contributed by atoms with Crippen molar-refractivity contribution in [3.05, 3.63) is 101 Å². The van der Waals surface area contributed by atoms with E-state index in [9.17, 15) is 14.0 Å².